The predicted molar refractivity (Wildman–Crippen MR) is 93.3 cm³/mol. The van der Waals surface area contributed by atoms with E-state index >= 15 is 0 Å². The van der Waals surface area contributed by atoms with Gasteiger partial charge in [-0.25, -0.2) is 9.18 Å². The van der Waals surface area contributed by atoms with Gasteiger partial charge in [0.2, 0.25) is 11.8 Å². The average Bonchev–Trinajstić information content (AvgIpc) is 3.04. The maximum atomic E-state index is 13.9. The van der Waals surface area contributed by atoms with Gasteiger partial charge in [0.05, 0.1) is 24.3 Å². The Morgan fingerprint density at radius 2 is 1.85 bits per heavy atom. The van der Waals surface area contributed by atoms with Crippen molar-refractivity contribution in [2.75, 3.05) is 23.9 Å². The summed E-state index contributed by atoms with van der Waals surface area (Å²) < 4.78 is 18.5. The van der Waals surface area contributed by atoms with E-state index in [-0.39, 0.29) is 30.5 Å². The number of ether oxygens (including phenoxy) is 1. The molecule has 1 saturated heterocycles. The van der Waals surface area contributed by atoms with Crippen molar-refractivity contribution in [3.8, 4) is 0 Å². The molecule has 2 aromatic rings. The number of halogens is 1. The number of para-hydroxylation sites is 1. The number of anilines is 2. The zero-order valence-electron chi connectivity index (χ0n) is 14.1. The number of amides is 2. The van der Waals surface area contributed by atoms with Crippen molar-refractivity contribution < 1.29 is 23.5 Å². The molecule has 0 radical (unpaired) electrons. The van der Waals surface area contributed by atoms with E-state index in [2.05, 4.69) is 10.1 Å². The summed E-state index contributed by atoms with van der Waals surface area (Å²) in [5, 5.41) is 2.71. The second-order valence-electron chi connectivity index (χ2n) is 5.91. The van der Waals surface area contributed by atoms with Gasteiger partial charge in [0.15, 0.2) is 0 Å². The van der Waals surface area contributed by atoms with Crippen LogP contribution in [0.4, 0.5) is 15.8 Å². The molecule has 0 bridgehead atoms. The number of nitrogens with zero attached hydrogens (tertiary/aromatic N) is 1. The normalized spacial score (nSPS) is 16.5. The third-order valence-electron chi connectivity index (χ3n) is 4.21. The number of nitrogens with one attached hydrogen (secondary N) is 1. The number of methoxy groups -OCH3 is 1. The third kappa shape index (κ3) is 3.56. The molecule has 134 valence electrons. The monoisotopic (exact) mass is 356 g/mol. The van der Waals surface area contributed by atoms with Gasteiger partial charge in [0, 0.05) is 18.7 Å². The van der Waals surface area contributed by atoms with Crippen molar-refractivity contribution in [3.63, 3.8) is 0 Å². The van der Waals surface area contributed by atoms with Crippen LogP contribution in [0.3, 0.4) is 0 Å². The first-order chi connectivity index (χ1) is 12.5. The molecule has 6 nitrogen and oxygen atoms in total. The van der Waals surface area contributed by atoms with Crippen LogP contribution in [0.15, 0.2) is 48.5 Å². The summed E-state index contributed by atoms with van der Waals surface area (Å²) >= 11 is 0. The largest absolute Gasteiger partial charge is 0.465 e. The second-order valence-corrected chi connectivity index (χ2v) is 5.91. The first-order valence-electron chi connectivity index (χ1n) is 8.03. The third-order valence-corrected chi connectivity index (χ3v) is 4.21. The molecule has 7 heteroatoms. The molecule has 0 unspecified atom stereocenters. The average molecular weight is 356 g/mol. The lowest BCUT2D eigenvalue weighted by atomic mass is 10.1. The first kappa shape index (κ1) is 17.6. The van der Waals surface area contributed by atoms with Crippen LogP contribution in [0.1, 0.15) is 16.8 Å². The molecule has 0 aromatic heterocycles. The molecule has 1 aliphatic heterocycles. The second kappa shape index (κ2) is 7.35. The van der Waals surface area contributed by atoms with E-state index in [0.29, 0.717) is 11.3 Å². The van der Waals surface area contributed by atoms with Gasteiger partial charge in [0.1, 0.15) is 5.82 Å². The lowest BCUT2D eigenvalue weighted by molar-refractivity contribution is -0.122. The fraction of sp³-hybridized carbons (Fsp3) is 0.211. The van der Waals surface area contributed by atoms with Gasteiger partial charge in [-0.1, -0.05) is 12.1 Å². The van der Waals surface area contributed by atoms with E-state index in [1.165, 1.54) is 36.3 Å². The minimum absolute atomic E-state index is 0.0143. The van der Waals surface area contributed by atoms with Crippen molar-refractivity contribution in [2.24, 2.45) is 5.92 Å². The highest BCUT2D eigenvalue weighted by Crippen LogP contribution is 2.28. The molecule has 1 N–H and O–H groups in total. The summed E-state index contributed by atoms with van der Waals surface area (Å²) in [6.45, 7) is 0.117. The topological polar surface area (TPSA) is 75.7 Å². The zero-order chi connectivity index (χ0) is 18.7. The highest BCUT2D eigenvalue weighted by molar-refractivity contribution is 6.03. The van der Waals surface area contributed by atoms with Crippen molar-refractivity contribution in [2.45, 2.75) is 6.42 Å². The highest BCUT2D eigenvalue weighted by Gasteiger charge is 2.36. The molecule has 3 rings (SSSR count). The van der Waals surface area contributed by atoms with Crippen LogP contribution in [0.2, 0.25) is 0 Å². The van der Waals surface area contributed by atoms with Crippen LogP contribution in [0, 0.1) is 11.7 Å². The van der Waals surface area contributed by atoms with E-state index in [4.69, 9.17) is 0 Å². The Kier molecular flexibility index (Phi) is 4.97. The molecule has 1 atom stereocenters. The van der Waals surface area contributed by atoms with Gasteiger partial charge >= 0.3 is 5.97 Å². The van der Waals surface area contributed by atoms with E-state index in [9.17, 15) is 18.8 Å². The lowest BCUT2D eigenvalue weighted by Crippen LogP contribution is -2.28. The molecule has 0 aliphatic carbocycles. The number of carbonyl (C=O) groups excluding carboxylic acids is 3. The Morgan fingerprint density at radius 1 is 1.15 bits per heavy atom. The number of carbonyl (C=O) groups is 3. The lowest BCUT2D eigenvalue weighted by Gasteiger charge is -2.17. The molecule has 0 spiro atoms. The molecule has 26 heavy (non-hydrogen) atoms. The number of benzene rings is 2. The van der Waals surface area contributed by atoms with Gasteiger partial charge in [-0.15, -0.1) is 0 Å². The van der Waals surface area contributed by atoms with E-state index in [1.807, 2.05) is 0 Å². The molecular formula is C19H17FN2O4. The smallest absolute Gasteiger partial charge is 0.337 e. The maximum absolute atomic E-state index is 13.9. The standard InChI is InChI=1S/C19H17FN2O4/c1-26-19(25)12-6-8-14(9-7-12)21-18(24)13-10-17(23)22(11-13)16-5-3-2-4-15(16)20/h2-9,13H,10-11H2,1H3,(H,21,24)/t13-/m0/s1. The van der Waals surface area contributed by atoms with Gasteiger partial charge in [0.25, 0.3) is 0 Å². The Hall–Kier alpha value is -3.22. The summed E-state index contributed by atoms with van der Waals surface area (Å²) in [5.74, 6) is -2.17. The van der Waals surface area contributed by atoms with Crippen molar-refractivity contribution in [1.82, 2.24) is 0 Å². The molecule has 1 fully saturated rings. The summed E-state index contributed by atoms with van der Waals surface area (Å²) in [4.78, 5) is 37.3. The number of hydrogen-bond acceptors (Lipinski definition) is 4. The quantitative estimate of drug-likeness (QED) is 0.855. The van der Waals surface area contributed by atoms with Crippen LogP contribution in [0.5, 0.6) is 0 Å². The van der Waals surface area contributed by atoms with Crippen LogP contribution in [0.25, 0.3) is 0 Å². The molecule has 0 saturated carbocycles. The van der Waals surface area contributed by atoms with Gasteiger partial charge in [-0.05, 0) is 36.4 Å². The molecule has 2 amide bonds. The Labute approximate surface area is 149 Å². The van der Waals surface area contributed by atoms with Gasteiger partial charge in [-0.3, -0.25) is 9.59 Å². The SMILES string of the molecule is COC(=O)c1ccc(NC(=O)[C@H]2CC(=O)N(c3ccccc3F)C2)cc1. The predicted octanol–water partition coefficient (Wildman–Crippen LogP) is 2.60. The van der Waals surface area contributed by atoms with Crippen LogP contribution in [-0.2, 0) is 14.3 Å². The molecule has 2 aromatic carbocycles. The van der Waals surface area contributed by atoms with Crippen LogP contribution < -0.4 is 10.2 Å². The number of esters is 1. The minimum atomic E-state index is -0.581. The summed E-state index contributed by atoms with van der Waals surface area (Å²) in [5.41, 5.74) is 1.04. The maximum Gasteiger partial charge on any atom is 0.337 e. The van der Waals surface area contributed by atoms with Crippen molar-refractivity contribution in [1.29, 1.82) is 0 Å². The van der Waals surface area contributed by atoms with Crippen molar-refractivity contribution in [3.05, 3.63) is 59.9 Å². The molecular weight excluding hydrogens is 339 g/mol. The Bertz CT molecular complexity index is 851. The van der Waals surface area contributed by atoms with Crippen LogP contribution in [-0.4, -0.2) is 31.4 Å². The summed E-state index contributed by atoms with van der Waals surface area (Å²) in [6, 6.07) is 12.2. The number of hydrogen-bond donors (Lipinski definition) is 1. The molecule has 1 heterocycles. The number of rotatable bonds is 4. The van der Waals surface area contributed by atoms with E-state index in [0.717, 1.165) is 0 Å². The fourth-order valence-electron chi connectivity index (χ4n) is 2.84. The minimum Gasteiger partial charge on any atom is -0.465 e. The summed E-state index contributed by atoms with van der Waals surface area (Å²) in [7, 11) is 1.29. The van der Waals surface area contributed by atoms with E-state index in [1.54, 1.807) is 24.3 Å². The van der Waals surface area contributed by atoms with Crippen LogP contribution >= 0.6 is 0 Å². The Morgan fingerprint density at radius 3 is 2.50 bits per heavy atom. The summed E-state index contributed by atoms with van der Waals surface area (Å²) in [6.07, 6.45) is 0.0143. The Balaban J connectivity index is 1.67. The first-order valence-corrected chi connectivity index (χ1v) is 8.03. The molecule has 1 aliphatic rings. The van der Waals surface area contributed by atoms with Gasteiger partial charge < -0.3 is 15.0 Å². The highest BCUT2D eigenvalue weighted by atomic mass is 19.1. The van der Waals surface area contributed by atoms with Crippen molar-refractivity contribution >= 4 is 29.2 Å². The zero-order valence-corrected chi connectivity index (χ0v) is 14.1. The van der Waals surface area contributed by atoms with Gasteiger partial charge in [-0.2, -0.15) is 0 Å². The fourth-order valence-corrected chi connectivity index (χ4v) is 2.84. The van der Waals surface area contributed by atoms with E-state index < -0.39 is 17.7 Å².